The lowest BCUT2D eigenvalue weighted by Gasteiger charge is -2.28. The van der Waals surface area contributed by atoms with Crippen molar-refractivity contribution in [2.45, 2.75) is 41.8 Å². The van der Waals surface area contributed by atoms with Crippen molar-refractivity contribution in [2.75, 3.05) is 0 Å². The third-order valence-electron chi connectivity index (χ3n) is 13.7. The summed E-state index contributed by atoms with van der Waals surface area (Å²) in [7, 11) is 0. The molecular weight excluding hydrogens is 881 g/mol. The van der Waals surface area contributed by atoms with E-state index in [2.05, 4.69) is 0 Å². The number of phenols is 10. The maximum Gasteiger partial charge on any atom is 0.170 e. The second kappa shape index (κ2) is 16.1. The first-order valence-electron chi connectivity index (χ1n) is 22.1. The Kier molecular flexibility index (Phi) is 9.97. The Morgan fingerprint density at radius 1 is 0.348 bits per heavy atom. The van der Waals surface area contributed by atoms with Crippen molar-refractivity contribution in [3.8, 4) is 69.0 Å². The third-order valence-corrected chi connectivity index (χ3v) is 13.7. The smallest absolute Gasteiger partial charge is 0.170 e. The molecule has 0 unspecified atom stereocenters. The van der Waals surface area contributed by atoms with E-state index in [4.69, 9.17) is 9.47 Å². The summed E-state index contributed by atoms with van der Waals surface area (Å²) in [5.41, 5.74) is 4.76. The van der Waals surface area contributed by atoms with Gasteiger partial charge in [0.25, 0.3) is 0 Å². The van der Waals surface area contributed by atoms with Crippen molar-refractivity contribution in [2.24, 2.45) is 0 Å². The van der Waals surface area contributed by atoms with E-state index in [1.54, 1.807) is 42.5 Å². The molecule has 0 saturated heterocycles. The van der Waals surface area contributed by atoms with Crippen LogP contribution in [-0.4, -0.2) is 56.8 Å². The first-order valence-corrected chi connectivity index (χ1v) is 22.1. The fourth-order valence-corrected chi connectivity index (χ4v) is 11.0. The van der Waals surface area contributed by atoms with E-state index in [9.17, 15) is 51.1 Å². The second-order valence-electron chi connectivity index (χ2n) is 17.8. The van der Waals surface area contributed by atoms with E-state index in [-0.39, 0.29) is 74.6 Å². The van der Waals surface area contributed by atoms with E-state index >= 15 is 4.79 Å². The molecule has 8 aromatic rings. The van der Waals surface area contributed by atoms with Crippen LogP contribution in [0.5, 0.6) is 69.0 Å². The van der Waals surface area contributed by atoms with Gasteiger partial charge >= 0.3 is 0 Å². The van der Waals surface area contributed by atoms with E-state index in [1.165, 1.54) is 103 Å². The molecule has 0 aromatic heterocycles. The van der Waals surface area contributed by atoms with Crippen LogP contribution in [0.15, 0.2) is 152 Å². The molecule has 0 amide bonds. The number of Topliss-reactive ketones (excluding diaryl/α,β-unsaturated/α-hetero) is 1. The summed E-state index contributed by atoms with van der Waals surface area (Å²) >= 11 is 0. The van der Waals surface area contributed by atoms with Crippen LogP contribution in [0, 0.1) is 0 Å². The van der Waals surface area contributed by atoms with Gasteiger partial charge in [-0.2, -0.15) is 0 Å². The summed E-state index contributed by atoms with van der Waals surface area (Å²) < 4.78 is 13.7. The molecule has 0 saturated carbocycles. The molecule has 7 atom stereocenters. The average Bonchev–Trinajstić information content (AvgIpc) is 4.00. The predicted octanol–water partition coefficient (Wildman–Crippen LogP) is 10.2. The Hall–Kier alpha value is -8.97. The van der Waals surface area contributed by atoms with Gasteiger partial charge in [0, 0.05) is 58.4 Å². The average molecular weight is 923 g/mol. The zero-order chi connectivity index (χ0) is 48.0. The molecule has 344 valence electrons. The SMILES string of the molecule is O=C(c1ccc(O)cc1)[C@@H]1c2c(c(O)cc3c2[C@H](c2cc(O)cc4c2[C@@H](c2cc(O)cc(O)c2)[C@H](c2ccc(O)cc2)O4)[C@@H](c2ccc(O)cc2)O3)[C@H](c2ccc(O)cc2)[C@H]1c1cc(O)cc(O)c1. The Bertz CT molecular complexity index is 3290. The number of ether oxygens (including phenoxy) is 2. The lowest BCUT2D eigenvalue weighted by molar-refractivity contribution is 0.0948. The number of carbonyl (C=O) groups is 1. The fraction of sp³-hybridized carbons (Fsp3) is 0.125. The van der Waals surface area contributed by atoms with Crippen molar-refractivity contribution in [3.63, 3.8) is 0 Å². The predicted molar refractivity (Wildman–Crippen MR) is 250 cm³/mol. The minimum absolute atomic E-state index is 0.00829. The van der Waals surface area contributed by atoms with Crippen LogP contribution >= 0.6 is 0 Å². The van der Waals surface area contributed by atoms with Crippen LogP contribution < -0.4 is 9.47 Å². The van der Waals surface area contributed by atoms with E-state index in [1.807, 2.05) is 0 Å². The molecule has 11 rings (SSSR count). The van der Waals surface area contributed by atoms with Crippen molar-refractivity contribution in [1.82, 2.24) is 0 Å². The number of aromatic hydroxyl groups is 10. The maximum absolute atomic E-state index is 15.7. The highest BCUT2D eigenvalue weighted by atomic mass is 16.5. The van der Waals surface area contributed by atoms with Gasteiger partial charge in [-0.15, -0.1) is 0 Å². The van der Waals surface area contributed by atoms with Gasteiger partial charge < -0.3 is 60.5 Å². The first-order chi connectivity index (χ1) is 33.2. The number of benzene rings is 8. The topological polar surface area (TPSA) is 238 Å². The Labute approximate surface area is 393 Å². The number of hydrogen-bond donors (Lipinski definition) is 10. The van der Waals surface area contributed by atoms with Crippen LogP contribution in [0.4, 0.5) is 0 Å². The van der Waals surface area contributed by atoms with Gasteiger partial charge in [-0.25, -0.2) is 0 Å². The van der Waals surface area contributed by atoms with Crippen molar-refractivity contribution in [3.05, 3.63) is 213 Å². The van der Waals surface area contributed by atoms with Gasteiger partial charge in [-0.05, 0) is 130 Å². The largest absolute Gasteiger partial charge is 0.508 e. The summed E-state index contributed by atoms with van der Waals surface area (Å²) in [6.45, 7) is 0. The van der Waals surface area contributed by atoms with E-state index < -0.39 is 47.6 Å². The Morgan fingerprint density at radius 3 is 1.30 bits per heavy atom. The molecule has 8 aromatic carbocycles. The number of fused-ring (bicyclic) bond motifs is 4. The first kappa shape index (κ1) is 42.7. The monoisotopic (exact) mass is 922 g/mol. The molecule has 3 aliphatic rings. The highest BCUT2D eigenvalue weighted by molar-refractivity contribution is 6.03. The van der Waals surface area contributed by atoms with E-state index in [0.717, 1.165) is 6.07 Å². The molecule has 13 heteroatoms. The van der Waals surface area contributed by atoms with Crippen LogP contribution in [-0.2, 0) is 0 Å². The lowest BCUT2D eigenvalue weighted by Crippen LogP contribution is -2.21. The van der Waals surface area contributed by atoms with Crippen molar-refractivity contribution < 1.29 is 65.3 Å². The Balaban J connectivity index is 1.24. The van der Waals surface area contributed by atoms with E-state index in [0.29, 0.717) is 55.6 Å². The zero-order valence-electron chi connectivity index (χ0n) is 36.2. The summed E-state index contributed by atoms with van der Waals surface area (Å²) in [6, 6.07) is 37.6. The minimum atomic E-state index is -1.22. The molecule has 13 nitrogen and oxygen atoms in total. The van der Waals surface area contributed by atoms with Gasteiger partial charge in [0.05, 0.1) is 17.8 Å². The number of carbonyl (C=O) groups excluding carboxylic acids is 1. The highest BCUT2D eigenvalue weighted by Gasteiger charge is 2.54. The highest BCUT2D eigenvalue weighted by Crippen LogP contribution is 2.67. The molecular formula is C56H42O13. The molecule has 2 heterocycles. The molecule has 1 aliphatic carbocycles. The third kappa shape index (κ3) is 7.22. The van der Waals surface area contributed by atoms with Gasteiger partial charge in [0.15, 0.2) is 5.78 Å². The molecule has 0 radical (unpaired) electrons. The van der Waals surface area contributed by atoms with Gasteiger partial charge in [0.1, 0.15) is 81.2 Å². The quantitative estimate of drug-likeness (QED) is 0.0639. The van der Waals surface area contributed by atoms with Crippen molar-refractivity contribution >= 4 is 5.78 Å². The number of hydrogen-bond acceptors (Lipinski definition) is 13. The van der Waals surface area contributed by atoms with Crippen LogP contribution in [0.25, 0.3) is 0 Å². The summed E-state index contributed by atoms with van der Waals surface area (Å²) in [5.74, 6) is -6.48. The summed E-state index contributed by atoms with van der Waals surface area (Å²) in [5, 5.41) is 110. The lowest BCUT2D eigenvalue weighted by atomic mass is 9.72. The number of ketones is 1. The zero-order valence-corrected chi connectivity index (χ0v) is 36.2. The van der Waals surface area contributed by atoms with Crippen LogP contribution in [0.1, 0.15) is 108 Å². The van der Waals surface area contributed by atoms with Crippen molar-refractivity contribution in [1.29, 1.82) is 0 Å². The normalized spacial score (nSPS) is 20.9. The van der Waals surface area contributed by atoms with Gasteiger partial charge in [0.2, 0.25) is 0 Å². The minimum Gasteiger partial charge on any atom is -0.508 e. The molecule has 2 aliphatic heterocycles. The molecule has 0 bridgehead atoms. The van der Waals surface area contributed by atoms with Crippen LogP contribution in [0.3, 0.4) is 0 Å². The van der Waals surface area contributed by atoms with Gasteiger partial charge in [-0.1, -0.05) is 36.4 Å². The molecule has 0 spiro atoms. The summed E-state index contributed by atoms with van der Waals surface area (Å²) in [4.78, 5) is 15.7. The second-order valence-corrected chi connectivity index (χ2v) is 17.8. The standard InChI is InChI=1S/C56H42O13/c57-32-9-1-26(2-10-32)45-46(30-17-36(61)21-37(62)18-30)53(54(67)27-3-11-33(58)12-4-27)52-50(45)42(66)25-44-51(52)49(56(69-44)29-7-15-35(60)16-8-29)41-23-40(65)24-43-48(41)47(31-19-38(63)22-39(64)20-31)55(68-43)28-5-13-34(59)14-6-28/h1-25,45-47,49,53,55-66H/t45-,46-,47-,49+,53+,55+,56-/m1/s1. The molecule has 10 N–H and O–H groups in total. The Morgan fingerprint density at radius 2 is 0.783 bits per heavy atom. The molecule has 69 heavy (non-hydrogen) atoms. The van der Waals surface area contributed by atoms with Crippen LogP contribution in [0.2, 0.25) is 0 Å². The number of phenolic OH excluding ortho intramolecular Hbond substituents is 10. The fourth-order valence-electron chi connectivity index (χ4n) is 11.0. The maximum atomic E-state index is 15.7. The van der Waals surface area contributed by atoms with Gasteiger partial charge in [-0.3, -0.25) is 4.79 Å². The summed E-state index contributed by atoms with van der Waals surface area (Å²) in [6.07, 6.45) is -1.84. The molecule has 0 fully saturated rings. The number of rotatable bonds is 8.